The average molecular weight is 272 g/mol. The lowest BCUT2D eigenvalue weighted by molar-refractivity contribution is -0.144. The van der Waals surface area contributed by atoms with Crippen molar-refractivity contribution in [1.29, 1.82) is 0 Å². The van der Waals surface area contributed by atoms with Crippen LogP contribution in [0.25, 0.3) is 0 Å². The lowest BCUT2D eigenvalue weighted by Gasteiger charge is -2.29. The van der Waals surface area contributed by atoms with Crippen molar-refractivity contribution in [2.75, 3.05) is 6.54 Å². The number of hydrogen-bond donors (Lipinski definition) is 2. The molecule has 1 aliphatic rings. The number of hydrogen-bond acceptors (Lipinski definition) is 2. The van der Waals surface area contributed by atoms with Crippen molar-refractivity contribution >= 4 is 23.5 Å². The van der Waals surface area contributed by atoms with E-state index in [1.54, 1.807) is 6.07 Å². The number of carboxylic acids is 1. The molecule has 1 heterocycles. The normalized spacial score (nSPS) is 23.6. The van der Waals surface area contributed by atoms with E-state index < -0.39 is 23.6 Å². The second-order valence-corrected chi connectivity index (χ2v) is 4.64. The van der Waals surface area contributed by atoms with Gasteiger partial charge in [0, 0.05) is 18.9 Å². The molecule has 0 spiro atoms. The standard InChI is InChI=1S/C12H11ClFNO3/c13-9-2-1-6(3-10(9)14)7-4-11(16)15-5-8(7)12(17)18/h1-3,7-8H,4-5H2,(H,15,16)(H,17,18). The molecule has 1 aromatic carbocycles. The van der Waals surface area contributed by atoms with Crippen molar-refractivity contribution in [2.45, 2.75) is 12.3 Å². The molecule has 0 aliphatic carbocycles. The van der Waals surface area contributed by atoms with Gasteiger partial charge in [0.2, 0.25) is 5.91 Å². The predicted octanol–water partition coefficient (Wildman–Crippen LogP) is 1.78. The van der Waals surface area contributed by atoms with Crippen LogP contribution in [-0.4, -0.2) is 23.5 Å². The highest BCUT2D eigenvalue weighted by Crippen LogP contribution is 2.32. The fourth-order valence-electron chi connectivity index (χ4n) is 2.13. The highest BCUT2D eigenvalue weighted by Gasteiger charge is 2.35. The molecule has 1 aromatic rings. The molecule has 0 aromatic heterocycles. The third-order valence-corrected chi connectivity index (χ3v) is 3.41. The first-order chi connectivity index (χ1) is 8.49. The van der Waals surface area contributed by atoms with E-state index in [9.17, 15) is 14.0 Å². The number of rotatable bonds is 2. The number of nitrogens with one attached hydrogen (secondary N) is 1. The third-order valence-electron chi connectivity index (χ3n) is 3.10. The van der Waals surface area contributed by atoms with Crippen LogP contribution in [0.2, 0.25) is 5.02 Å². The Hall–Kier alpha value is -1.62. The number of carbonyl (C=O) groups is 2. The van der Waals surface area contributed by atoms with Crippen LogP contribution in [-0.2, 0) is 9.59 Å². The molecule has 2 N–H and O–H groups in total. The Balaban J connectivity index is 2.34. The summed E-state index contributed by atoms with van der Waals surface area (Å²) in [6.07, 6.45) is 0.0397. The van der Waals surface area contributed by atoms with Crippen molar-refractivity contribution in [3.8, 4) is 0 Å². The SMILES string of the molecule is O=C1CC(c2ccc(Cl)c(F)c2)C(C(=O)O)CN1. The topological polar surface area (TPSA) is 66.4 Å². The van der Waals surface area contributed by atoms with Crippen molar-refractivity contribution in [2.24, 2.45) is 5.92 Å². The summed E-state index contributed by atoms with van der Waals surface area (Å²) in [4.78, 5) is 22.5. The van der Waals surface area contributed by atoms with Gasteiger partial charge in [0.15, 0.2) is 0 Å². The molecule has 0 radical (unpaired) electrons. The molecule has 0 saturated carbocycles. The van der Waals surface area contributed by atoms with Gasteiger partial charge in [-0.2, -0.15) is 0 Å². The Kier molecular flexibility index (Phi) is 3.52. The zero-order valence-corrected chi connectivity index (χ0v) is 10.1. The number of aliphatic carboxylic acids is 1. The maximum atomic E-state index is 13.4. The van der Waals surface area contributed by atoms with E-state index in [2.05, 4.69) is 5.32 Å². The van der Waals surface area contributed by atoms with Crippen LogP contribution in [0.4, 0.5) is 4.39 Å². The first-order valence-corrected chi connectivity index (χ1v) is 5.81. The van der Waals surface area contributed by atoms with Gasteiger partial charge in [-0.25, -0.2) is 4.39 Å². The number of piperidine rings is 1. The van der Waals surface area contributed by atoms with Crippen LogP contribution in [0.15, 0.2) is 18.2 Å². The summed E-state index contributed by atoms with van der Waals surface area (Å²) in [5.41, 5.74) is 0.485. The highest BCUT2D eigenvalue weighted by molar-refractivity contribution is 6.30. The molecule has 1 aliphatic heterocycles. The van der Waals surface area contributed by atoms with Crippen LogP contribution >= 0.6 is 11.6 Å². The number of carboxylic acid groups (broad SMARTS) is 1. The molecule has 6 heteroatoms. The third kappa shape index (κ3) is 2.46. The Bertz CT molecular complexity index is 506. The highest BCUT2D eigenvalue weighted by atomic mass is 35.5. The van der Waals surface area contributed by atoms with Crippen LogP contribution in [0.3, 0.4) is 0 Å². The Morgan fingerprint density at radius 1 is 1.50 bits per heavy atom. The molecule has 1 fully saturated rings. The van der Waals surface area contributed by atoms with Gasteiger partial charge in [0.25, 0.3) is 0 Å². The van der Waals surface area contributed by atoms with Gasteiger partial charge in [0.05, 0.1) is 10.9 Å². The van der Waals surface area contributed by atoms with E-state index in [-0.39, 0.29) is 23.9 Å². The molecule has 4 nitrogen and oxygen atoms in total. The van der Waals surface area contributed by atoms with Crippen molar-refractivity contribution in [1.82, 2.24) is 5.32 Å². The zero-order chi connectivity index (χ0) is 13.3. The summed E-state index contributed by atoms with van der Waals surface area (Å²) in [5, 5.41) is 11.6. The summed E-state index contributed by atoms with van der Waals surface area (Å²) >= 11 is 5.58. The van der Waals surface area contributed by atoms with E-state index >= 15 is 0 Å². The Morgan fingerprint density at radius 2 is 2.22 bits per heavy atom. The van der Waals surface area contributed by atoms with Gasteiger partial charge in [-0.15, -0.1) is 0 Å². The summed E-state index contributed by atoms with van der Waals surface area (Å²) in [6, 6.07) is 4.13. The van der Waals surface area contributed by atoms with Gasteiger partial charge in [-0.3, -0.25) is 9.59 Å². The molecule has 2 unspecified atom stereocenters. The number of benzene rings is 1. The van der Waals surface area contributed by atoms with E-state index in [1.165, 1.54) is 12.1 Å². The first-order valence-electron chi connectivity index (χ1n) is 5.43. The van der Waals surface area contributed by atoms with Crippen LogP contribution < -0.4 is 5.32 Å². The molecule has 0 bridgehead atoms. The lowest BCUT2D eigenvalue weighted by atomic mass is 9.81. The second-order valence-electron chi connectivity index (χ2n) is 4.23. The number of carbonyl (C=O) groups excluding carboxylic acids is 1. The molecule has 2 atom stereocenters. The largest absolute Gasteiger partial charge is 0.481 e. The molecular weight excluding hydrogens is 261 g/mol. The van der Waals surface area contributed by atoms with E-state index in [0.717, 1.165) is 0 Å². The minimum atomic E-state index is -1.00. The summed E-state index contributed by atoms with van der Waals surface area (Å²) < 4.78 is 13.4. The van der Waals surface area contributed by atoms with Crippen molar-refractivity contribution in [3.05, 3.63) is 34.6 Å². The fraction of sp³-hybridized carbons (Fsp3) is 0.333. The Labute approximate surface area is 108 Å². The lowest BCUT2D eigenvalue weighted by Crippen LogP contribution is -2.43. The number of amides is 1. The van der Waals surface area contributed by atoms with Crippen molar-refractivity contribution in [3.63, 3.8) is 0 Å². The van der Waals surface area contributed by atoms with Gasteiger partial charge in [-0.05, 0) is 17.7 Å². The molecule has 2 rings (SSSR count). The van der Waals surface area contributed by atoms with E-state index in [1.807, 2.05) is 0 Å². The number of halogens is 2. The average Bonchev–Trinajstić information content (AvgIpc) is 2.32. The van der Waals surface area contributed by atoms with Gasteiger partial charge < -0.3 is 10.4 Å². The van der Waals surface area contributed by atoms with E-state index in [4.69, 9.17) is 16.7 Å². The van der Waals surface area contributed by atoms with Crippen LogP contribution in [0.1, 0.15) is 17.9 Å². The van der Waals surface area contributed by atoms with Gasteiger partial charge >= 0.3 is 5.97 Å². The maximum Gasteiger partial charge on any atom is 0.308 e. The molecule has 18 heavy (non-hydrogen) atoms. The molecule has 96 valence electrons. The first kappa shape index (κ1) is 12.8. The Morgan fingerprint density at radius 3 is 2.83 bits per heavy atom. The fourth-order valence-corrected chi connectivity index (χ4v) is 2.25. The van der Waals surface area contributed by atoms with Crippen LogP contribution in [0, 0.1) is 11.7 Å². The van der Waals surface area contributed by atoms with Gasteiger partial charge in [-0.1, -0.05) is 17.7 Å². The summed E-state index contributed by atoms with van der Waals surface area (Å²) in [6.45, 7) is 0.0586. The van der Waals surface area contributed by atoms with Gasteiger partial charge in [0.1, 0.15) is 5.82 Å². The smallest absolute Gasteiger partial charge is 0.308 e. The minimum Gasteiger partial charge on any atom is -0.481 e. The monoisotopic (exact) mass is 271 g/mol. The second kappa shape index (κ2) is 4.94. The summed E-state index contributed by atoms with van der Waals surface area (Å²) in [7, 11) is 0. The molecular formula is C12H11ClFNO3. The quantitative estimate of drug-likeness (QED) is 0.862. The zero-order valence-electron chi connectivity index (χ0n) is 9.32. The van der Waals surface area contributed by atoms with Crippen molar-refractivity contribution < 1.29 is 19.1 Å². The maximum absolute atomic E-state index is 13.4. The molecule has 1 saturated heterocycles. The summed E-state index contributed by atoms with van der Waals surface area (Å²) in [5.74, 6) is -3.11. The van der Waals surface area contributed by atoms with Crippen LogP contribution in [0.5, 0.6) is 0 Å². The predicted molar refractivity (Wildman–Crippen MR) is 62.9 cm³/mol. The molecule has 1 amide bonds. The minimum absolute atomic E-state index is 0.0223. The van der Waals surface area contributed by atoms with E-state index in [0.29, 0.717) is 5.56 Å².